The fourth-order valence-electron chi connectivity index (χ4n) is 3.88. The Balaban J connectivity index is 1.92. The highest BCUT2D eigenvalue weighted by atomic mass is 35.5. The summed E-state index contributed by atoms with van der Waals surface area (Å²) >= 11 is 6.14. The Hall–Kier alpha value is -4.17. The number of ketones is 1. The van der Waals surface area contributed by atoms with Crippen LogP contribution in [0.4, 0.5) is 11.4 Å². The van der Waals surface area contributed by atoms with E-state index in [1.54, 1.807) is 48.5 Å². The fourth-order valence-corrected chi connectivity index (χ4v) is 4.06. The van der Waals surface area contributed by atoms with Gasteiger partial charge in [0.1, 0.15) is 11.5 Å². The number of nitro groups is 1. The number of nitrogens with zero attached hydrogens (tertiary/aromatic N) is 2. The zero-order valence-corrected chi connectivity index (χ0v) is 18.7. The molecule has 1 saturated heterocycles. The molecule has 3 aromatic rings. The maximum absolute atomic E-state index is 13.2. The van der Waals surface area contributed by atoms with Crippen molar-refractivity contribution in [1.29, 1.82) is 0 Å². The molecule has 3 aromatic carbocycles. The predicted molar refractivity (Wildman–Crippen MR) is 127 cm³/mol. The van der Waals surface area contributed by atoms with Gasteiger partial charge in [-0.15, -0.1) is 0 Å². The number of aliphatic hydroxyl groups excluding tert-OH is 1. The maximum atomic E-state index is 13.2. The van der Waals surface area contributed by atoms with Crippen molar-refractivity contribution in [2.75, 3.05) is 11.5 Å². The average Bonchev–Trinajstić information content (AvgIpc) is 3.09. The van der Waals surface area contributed by atoms with Gasteiger partial charge in [-0.3, -0.25) is 24.6 Å². The van der Waals surface area contributed by atoms with Crippen molar-refractivity contribution in [3.8, 4) is 5.75 Å². The third-order valence-corrected chi connectivity index (χ3v) is 5.60. The Labute approximate surface area is 199 Å². The Morgan fingerprint density at radius 2 is 1.79 bits per heavy atom. The summed E-state index contributed by atoms with van der Waals surface area (Å²) in [6, 6.07) is 17.5. The van der Waals surface area contributed by atoms with Gasteiger partial charge in [0.2, 0.25) is 0 Å². The minimum absolute atomic E-state index is 0.146. The highest BCUT2D eigenvalue weighted by Gasteiger charge is 2.47. The third-order valence-electron chi connectivity index (χ3n) is 5.37. The molecule has 1 N–H and O–H groups in total. The molecular formula is C25H19ClN2O6. The van der Waals surface area contributed by atoms with E-state index in [4.69, 9.17) is 16.3 Å². The van der Waals surface area contributed by atoms with Crippen molar-refractivity contribution in [3.63, 3.8) is 0 Å². The lowest BCUT2D eigenvalue weighted by atomic mass is 9.95. The van der Waals surface area contributed by atoms with Crippen molar-refractivity contribution in [2.45, 2.75) is 13.0 Å². The number of anilines is 1. The molecule has 172 valence electrons. The average molecular weight is 479 g/mol. The second kappa shape index (κ2) is 9.36. The van der Waals surface area contributed by atoms with E-state index in [0.717, 1.165) is 0 Å². The zero-order chi connectivity index (χ0) is 24.4. The van der Waals surface area contributed by atoms with E-state index < -0.39 is 28.4 Å². The minimum atomic E-state index is -0.978. The second-order valence-electron chi connectivity index (χ2n) is 7.46. The van der Waals surface area contributed by atoms with Crippen LogP contribution in [0.3, 0.4) is 0 Å². The highest BCUT2D eigenvalue weighted by Crippen LogP contribution is 2.43. The van der Waals surface area contributed by atoms with Gasteiger partial charge < -0.3 is 9.84 Å². The summed E-state index contributed by atoms with van der Waals surface area (Å²) in [5.41, 5.74) is 0.766. The number of hydrogen-bond acceptors (Lipinski definition) is 6. The molecule has 0 aliphatic carbocycles. The summed E-state index contributed by atoms with van der Waals surface area (Å²) in [5.74, 6) is -1.63. The number of carbonyl (C=O) groups excluding carboxylic acids is 2. The first-order valence-corrected chi connectivity index (χ1v) is 10.7. The molecule has 1 heterocycles. The molecule has 8 nitrogen and oxygen atoms in total. The summed E-state index contributed by atoms with van der Waals surface area (Å²) in [6.07, 6.45) is 0. The van der Waals surface area contributed by atoms with E-state index in [9.17, 15) is 24.8 Å². The fraction of sp³-hybridized carbons (Fsp3) is 0.120. The Bertz CT molecular complexity index is 1320. The standard InChI is InChI=1S/C25H19ClN2O6/c1-2-34-20-8-3-5-16(13-20)22-21(23(29)15-9-11-18(12-10-15)28(32)33)24(30)25(31)27(22)19-7-4-6-17(26)14-19/h3-14,22,29H,2H2,1H3/b23-21+. The Kier molecular flexibility index (Phi) is 6.34. The molecule has 34 heavy (non-hydrogen) atoms. The van der Waals surface area contributed by atoms with E-state index in [1.165, 1.54) is 29.2 Å². The lowest BCUT2D eigenvalue weighted by molar-refractivity contribution is -0.384. The summed E-state index contributed by atoms with van der Waals surface area (Å²) in [4.78, 5) is 38.0. The molecule has 1 amide bonds. The molecule has 0 radical (unpaired) electrons. The second-order valence-corrected chi connectivity index (χ2v) is 7.89. The van der Waals surface area contributed by atoms with Crippen LogP contribution in [0, 0.1) is 10.1 Å². The molecule has 0 saturated carbocycles. The predicted octanol–water partition coefficient (Wildman–Crippen LogP) is 5.27. The normalized spacial score (nSPS) is 17.1. The van der Waals surface area contributed by atoms with Crippen LogP contribution in [-0.4, -0.2) is 28.3 Å². The molecular weight excluding hydrogens is 460 g/mol. The number of nitro benzene ring substituents is 1. The quantitative estimate of drug-likeness (QED) is 0.170. The monoisotopic (exact) mass is 478 g/mol. The molecule has 4 rings (SSSR count). The summed E-state index contributed by atoms with van der Waals surface area (Å²) < 4.78 is 5.58. The lowest BCUT2D eigenvalue weighted by Gasteiger charge is -2.26. The van der Waals surface area contributed by atoms with Crippen LogP contribution in [-0.2, 0) is 9.59 Å². The Morgan fingerprint density at radius 1 is 1.09 bits per heavy atom. The number of halogens is 1. The van der Waals surface area contributed by atoms with Crippen molar-refractivity contribution < 1.29 is 24.4 Å². The SMILES string of the molecule is CCOc1cccc(C2/C(=C(\O)c3ccc([N+](=O)[O-])cc3)C(=O)C(=O)N2c2cccc(Cl)c2)c1. The number of rotatable bonds is 6. The molecule has 1 aliphatic rings. The topological polar surface area (TPSA) is 110 Å². The van der Waals surface area contributed by atoms with Gasteiger partial charge in [0.25, 0.3) is 17.4 Å². The first kappa shape index (κ1) is 23.0. The Morgan fingerprint density at radius 3 is 2.44 bits per heavy atom. The first-order chi connectivity index (χ1) is 16.3. The van der Waals surface area contributed by atoms with Crippen molar-refractivity contribution >= 4 is 40.4 Å². The van der Waals surface area contributed by atoms with Crippen LogP contribution in [0.1, 0.15) is 24.1 Å². The van der Waals surface area contributed by atoms with Gasteiger partial charge in [0.05, 0.1) is 23.1 Å². The van der Waals surface area contributed by atoms with Crippen LogP contribution >= 0.6 is 11.6 Å². The molecule has 0 aromatic heterocycles. The largest absolute Gasteiger partial charge is 0.507 e. The molecule has 1 fully saturated rings. The molecule has 1 aliphatic heterocycles. The summed E-state index contributed by atoms with van der Waals surface area (Å²) in [5, 5.41) is 22.5. The van der Waals surface area contributed by atoms with Crippen LogP contribution in [0.15, 0.2) is 78.4 Å². The number of carbonyl (C=O) groups is 2. The number of ether oxygens (including phenoxy) is 1. The van der Waals surface area contributed by atoms with Gasteiger partial charge in [0.15, 0.2) is 0 Å². The van der Waals surface area contributed by atoms with Crippen molar-refractivity contribution in [3.05, 3.63) is 105 Å². The van der Waals surface area contributed by atoms with E-state index in [-0.39, 0.29) is 16.8 Å². The van der Waals surface area contributed by atoms with Gasteiger partial charge in [-0.2, -0.15) is 0 Å². The highest BCUT2D eigenvalue weighted by molar-refractivity contribution is 6.51. The van der Waals surface area contributed by atoms with Gasteiger partial charge in [-0.05, 0) is 55.0 Å². The maximum Gasteiger partial charge on any atom is 0.300 e. The van der Waals surface area contributed by atoms with E-state index >= 15 is 0 Å². The molecule has 1 unspecified atom stereocenters. The molecule has 0 bridgehead atoms. The molecule has 1 atom stereocenters. The van der Waals surface area contributed by atoms with Gasteiger partial charge in [-0.25, -0.2) is 0 Å². The molecule has 9 heteroatoms. The molecule has 0 spiro atoms. The minimum Gasteiger partial charge on any atom is -0.507 e. The van der Waals surface area contributed by atoms with Gasteiger partial charge >= 0.3 is 0 Å². The lowest BCUT2D eigenvalue weighted by Crippen LogP contribution is -2.29. The van der Waals surface area contributed by atoms with Gasteiger partial charge in [0, 0.05) is 28.4 Å². The smallest absolute Gasteiger partial charge is 0.300 e. The van der Waals surface area contributed by atoms with E-state index in [1.807, 2.05) is 6.92 Å². The van der Waals surface area contributed by atoms with Crippen LogP contribution in [0.2, 0.25) is 5.02 Å². The number of non-ortho nitro benzene ring substituents is 1. The number of amides is 1. The third kappa shape index (κ3) is 4.23. The number of aliphatic hydroxyl groups is 1. The van der Waals surface area contributed by atoms with Gasteiger partial charge in [-0.1, -0.05) is 29.8 Å². The van der Waals surface area contributed by atoms with Crippen LogP contribution in [0.5, 0.6) is 5.75 Å². The number of Topliss-reactive ketones (excluding diaryl/α,β-unsaturated/α-hetero) is 1. The van der Waals surface area contributed by atoms with Crippen LogP contribution in [0.25, 0.3) is 5.76 Å². The number of benzene rings is 3. The zero-order valence-electron chi connectivity index (χ0n) is 18.0. The van der Waals surface area contributed by atoms with Crippen molar-refractivity contribution in [2.24, 2.45) is 0 Å². The summed E-state index contributed by atoms with van der Waals surface area (Å²) in [6.45, 7) is 2.25. The number of hydrogen-bond donors (Lipinski definition) is 1. The van der Waals surface area contributed by atoms with E-state index in [0.29, 0.717) is 28.6 Å². The van der Waals surface area contributed by atoms with E-state index in [2.05, 4.69) is 0 Å². The first-order valence-electron chi connectivity index (χ1n) is 10.4. The van der Waals surface area contributed by atoms with Crippen molar-refractivity contribution in [1.82, 2.24) is 0 Å². The summed E-state index contributed by atoms with van der Waals surface area (Å²) in [7, 11) is 0. The van der Waals surface area contributed by atoms with Crippen LogP contribution < -0.4 is 9.64 Å².